The standard InChI is InChI=1S/C9H11N3O2/c1-9(6-3-2-4-10-6)5-11-7(13)8(14)12-9/h2-4,10H,5H2,1H3,(H,11,13)(H,12,14). The van der Waals surface area contributed by atoms with Crippen LogP contribution in [0, 0.1) is 0 Å². The zero-order valence-corrected chi connectivity index (χ0v) is 7.76. The lowest BCUT2D eigenvalue weighted by molar-refractivity contribution is -0.142. The van der Waals surface area contributed by atoms with E-state index >= 15 is 0 Å². The fraction of sp³-hybridized carbons (Fsp3) is 0.333. The van der Waals surface area contributed by atoms with Crippen molar-refractivity contribution in [3.8, 4) is 0 Å². The second-order valence-corrected chi connectivity index (χ2v) is 3.55. The second kappa shape index (κ2) is 2.87. The van der Waals surface area contributed by atoms with Gasteiger partial charge in [0.15, 0.2) is 0 Å². The van der Waals surface area contributed by atoms with E-state index in [0.717, 1.165) is 5.69 Å². The minimum absolute atomic E-state index is 0.401. The van der Waals surface area contributed by atoms with Crippen LogP contribution in [0.2, 0.25) is 0 Å². The number of hydrogen-bond acceptors (Lipinski definition) is 2. The Hall–Kier alpha value is -1.78. The van der Waals surface area contributed by atoms with Crippen LogP contribution in [0.4, 0.5) is 0 Å². The third kappa shape index (κ3) is 1.26. The molecule has 0 spiro atoms. The molecule has 2 amide bonds. The molecule has 14 heavy (non-hydrogen) atoms. The van der Waals surface area contributed by atoms with Crippen LogP contribution in [0.3, 0.4) is 0 Å². The van der Waals surface area contributed by atoms with Gasteiger partial charge < -0.3 is 15.6 Å². The van der Waals surface area contributed by atoms with Crippen molar-refractivity contribution in [3.05, 3.63) is 24.0 Å². The van der Waals surface area contributed by atoms with Crippen molar-refractivity contribution >= 4 is 11.8 Å². The van der Waals surface area contributed by atoms with Crippen molar-refractivity contribution in [2.75, 3.05) is 6.54 Å². The summed E-state index contributed by atoms with van der Waals surface area (Å²) in [5.41, 5.74) is 0.347. The fourth-order valence-corrected chi connectivity index (χ4v) is 1.52. The number of hydrogen-bond donors (Lipinski definition) is 3. The Bertz CT molecular complexity index is 371. The highest BCUT2D eigenvalue weighted by Crippen LogP contribution is 2.19. The summed E-state index contributed by atoms with van der Waals surface area (Å²) in [5, 5.41) is 5.20. The SMILES string of the molecule is CC1(c2ccc[nH]2)CNC(=O)C(=O)N1. The number of aromatic amines is 1. The van der Waals surface area contributed by atoms with Crippen molar-refractivity contribution < 1.29 is 9.59 Å². The Kier molecular flexibility index (Phi) is 1.80. The van der Waals surface area contributed by atoms with Crippen molar-refractivity contribution in [2.45, 2.75) is 12.5 Å². The summed E-state index contributed by atoms with van der Waals surface area (Å²) in [7, 11) is 0. The highest BCUT2D eigenvalue weighted by molar-refractivity contribution is 6.35. The van der Waals surface area contributed by atoms with E-state index < -0.39 is 17.4 Å². The third-order valence-corrected chi connectivity index (χ3v) is 2.39. The van der Waals surface area contributed by atoms with Crippen LogP contribution in [0.25, 0.3) is 0 Å². The monoisotopic (exact) mass is 193 g/mol. The van der Waals surface area contributed by atoms with Gasteiger partial charge in [-0.25, -0.2) is 0 Å². The lowest BCUT2D eigenvalue weighted by Crippen LogP contribution is -2.61. The highest BCUT2D eigenvalue weighted by atomic mass is 16.2. The molecule has 0 radical (unpaired) electrons. The molecule has 2 heterocycles. The predicted molar refractivity (Wildman–Crippen MR) is 49.3 cm³/mol. The van der Waals surface area contributed by atoms with E-state index in [0.29, 0.717) is 6.54 Å². The van der Waals surface area contributed by atoms with Gasteiger partial charge in [-0.1, -0.05) is 0 Å². The van der Waals surface area contributed by atoms with Crippen molar-refractivity contribution in [3.63, 3.8) is 0 Å². The fourth-order valence-electron chi connectivity index (χ4n) is 1.52. The van der Waals surface area contributed by atoms with Gasteiger partial charge in [-0.05, 0) is 19.1 Å². The normalized spacial score (nSPS) is 26.9. The summed E-state index contributed by atoms with van der Waals surface area (Å²) in [6.07, 6.45) is 1.78. The van der Waals surface area contributed by atoms with Gasteiger partial charge in [0.2, 0.25) is 0 Å². The first-order valence-corrected chi connectivity index (χ1v) is 4.36. The smallest absolute Gasteiger partial charge is 0.310 e. The predicted octanol–water partition coefficient (Wildman–Crippen LogP) is -0.524. The molecule has 1 atom stereocenters. The van der Waals surface area contributed by atoms with Crippen LogP contribution < -0.4 is 10.6 Å². The zero-order chi connectivity index (χ0) is 10.2. The zero-order valence-electron chi connectivity index (χ0n) is 7.76. The molecule has 0 aromatic carbocycles. The molecule has 5 heteroatoms. The van der Waals surface area contributed by atoms with Crippen molar-refractivity contribution in [2.24, 2.45) is 0 Å². The molecule has 1 fully saturated rings. The maximum Gasteiger partial charge on any atom is 0.310 e. The summed E-state index contributed by atoms with van der Waals surface area (Å²) >= 11 is 0. The molecule has 1 aromatic heterocycles. The topological polar surface area (TPSA) is 74.0 Å². The first-order valence-electron chi connectivity index (χ1n) is 4.36. The van der Waals surface area contributed by atoms with Crippen molar-refractivity contribution in [1.29, 1.82) is 0 Å². The molecular formula is C9H11N3O2. The maximum absolute atomic E-state index is 11.2. The molecule has 1 aliphatic heterocycles. The van der Waals surface area contributed by atoms with Crippen LogP contribution >= 0.6 is 0 Å². The Morgan fingerprint density at radius 1 is 1.36 bits per heavy atom. The summed E-state index contributed by atoms with van der Waals surface area (Å²) in [5.74, 6) is -1.16. The summed E-state index contributed by atoms with van der Waals surface area (Å²) in [4.78, 5) is 25.1. The molecular weight excluding hydrogens is 182 g/mol. The quantitative estimate of drug-likeness (QED) is 0.525. The number of carbonyl (C=O) groups excluding carboxylic acids is 2. The number of piperazine rings is 1. The second-order valence-electron chi connectivity index (χ2n) is 3.55. The van der Waals surface area contributed by atoms with E-state index in [1.165, 1.54) is 0 Å². The van der Waals surface area contributed by atoms with Gasteiger partial charge in [-0.2, -0.15) is 0 Å². The first-order chi connectivity index (χ1) is 6.62. The number of H-pyrrole nitrogens is 1. The minimum Gasteiger partial charge on any atom is -0.363 e. The van der Waals surface area contributed by atoms with Crippen LogP contribution in [-0.4, -0.2) is 23.3 Å². The summed E-state index contributed by atoms with van der Waals surface area (Å²) < 4.78 is 0. The molecule has 5 nitrogen and oxygen atoms in total. The molecule has 2 rings (SSSR count). The van der Waals surface area contributed by atoms with E-state index in [2.05, 4.69) is 15.6 Å². The molecule has 74 valence electrons. The highest BCUT2D eigenvalue weighted by Gasteiger charge is 2.36. The van der Waals surface area contributed by atoms with Gasteiger partial charge in [0.25, 0.3) is 0 Å². The van der Waals surface area contributed by atoms with Gasteiger partial charge in [-0.3, -0.25) is 9.59 Å². The Balaban J connectivity index is 2.26. The van der Waals surface area contributed by atoms with E-state index in [1.807, 2.05) is 19.1 Å². The van der Waals surface area contributed by atoms with E-state index in [9.17, 15) is 9.59 Å². The average Bonchev–Trinajstić information content (AvgIpc) is 2.65. The number of amides is 2. The third-order valence-electron chi connectivity index (χ3n) is 2.39. The molecule has 0 bridgehead atoms. The molecule has 3 N–H and O–H groups in total. The molecule has 0 saturated carbocycles. The Labute approximate surface area is 80.9 Å². The van der Waals surface area contributed by atoms with E-state index in [4.69, 9.17) is 0 Å². The van der Waals surface area contributed by atoms with Crippen molar-refractivity contribution in [1.82, 2.24) is 15.6 Å². The summed E-state index contributed by atoms with van der Waals surface area (Å²) in [6, 6.07) is 3.72. The van der Waals surface area contributed by atoms with E-state index in [-0.39, 0.29) is 0 Å². The van der Waals surface area contributed by atoms with Crippen LogP contribution in [-0.2, 0) is 15.1 Å². The number of carbonyl (C=O) groups is 2. The molecule has 1 unspecified atom stereocenters. The number of nitrogens with one attached hydrogen (secondary N) is 3. The molecule has 1 saturated heterocycles. The lowest BCUT2D eigenvalue weighted by atomic mass is 9.96. The molecule has 1 aromatic rings. The molecule has 1 aliphatic rings. The first kappa shape index (κ1) is 8.80. The Morgan fingerprint density at radius 2 is 2.14 bits per heavy atom. The maximum atomic E-state index is 11.2. The Morgan fingerprint density at radius 3 is 2.71 bits per heavy atom. The van der Waals surface area contributed by atoms with Crippen LogP contribution in [0.5, 0.6) is 0 Å². The molecule has 0 aliphatic carbocycles. The van der Waals surface area contributed by atoms with Gasteiger partial charge in [0.05, 0.1) is 5.54 Å². The number of aromatic nitrogens is 1. The summed E-state index contributed by atoms with van der Waals surface area (Å²) in [6.45, 7) is 2.26. The average molecular weight is 193 g/mol. The van der Waals surface area contributed by atoms with Gasteiger partial charge >= 0.3 is 11.8 Å². The van der Waals surface area contributed by atoms with E-state index in [1.54, 1.807) is 6.20 Å². The van der Waals surface area contributed by atoms with Crippen LogP contribution in [0.15, 0.2) is 18.3 Å². The largest absolute Gasteiger partial charge is 0.363 e. The number of rotatable bonds is 1. The lowest BCUT2D eigenvalue weighted by Gasteiger charge is -2.33. The van der Waals surface area contributed by atoms with Crippen LogP contribution in [0.1, 0.15) is 12.6 Å². The van der Waals surface area contributed by atoms with Gasteiger partial charge in [0, 0.05) is 18.4 Å². The van der Waals surface area contributed by atoms with Gasteiger partial charge in [0.1, 0.15) is 0 Å². The minimum atomic E-state index is -0.589. The van der Waals surface area contributed by atoms with Gasteiger partial charge in [-0.15, -0.1) is 0 Å².